The van der Waals surface area contributed by atoms with Crippen LogP contribution in [0.4, 0.5) is 13.2 Å². The molecule has 0 spiro atoms. The number of guanidine groups is 1. The largest absolute Gasteiger partial charge is 0.496 e. The van der Waals surface area contributed by atoms with Crippen molar-refractivity contribution in [1.82, 2.24) is 15.5 Å². The molecule has 0 radical (unpaired) electrons. The number of aliphatic imine (C=N–C) groups is 1. The predicted octanol–water partition coefficient (Wildman–Crippen LogP) is 2.04. The van der Waals surface area contributed by atoms with Gasteiger partial charge in [0.25, 0.3) is 0 Å². The number of alkyl halides is 3. The van der Waals surface area contributed by atoms with E-state index in [-0.39, 0.29) is 30.5 Å². The first-order chi connectivity index (χ1) is 11.8. The Kier molecular flexibility index (Phi) is 11.0. The van der Waals surface area contributed by atoms with E-state index in [0.29, 0.717) is 23.8 Å². The van der Waals surface area contributed by atoms with Crippen molar-refractivity contribution in [3.63, 3.8) is 0 Å². The van der Waals surface area contributed by atoms with E-state index in [0.717, 1.165) is 18.4 Å². The van der Waals surface area contributed by atoms with Gasteiger partial charge in [-0.05, 0) is 18.1 Å². The van der Waals surface area contributed by atoms with Crippen LogP contribution in [0.3, 0.4) is 0 Å². The summed E-state index contributed by atoms with van der Waals surface area (Å²) in [7, 11) is 4.22. The van der Waals surface area contributed by atoms with Gasteiger partial charge in [-0.1, -0.05) is 18.2 Å². The van der Waals surface area contributed by atoms with Gasteiger partial charge in [0.1, 0.15) is 12.3 Å². The van der Waals surface area contributed by atoms with Crippen molar-refractivity contribution < 1.29 is 22.7 Å². The number of hydrogen-bond donors (Lipinski definition) is 2. The summed E-state index contributed by atoms with van der Waals surface area (Å²) in [5.41, 5.74) is 1.01. The average molecular weight is 488 g/mol. The second kappa shape index (κ2) is 11.8. The number of hydrogen-bond acceptors (Lipinski definition) is 3. The van der Waals surface area contributed by atoms with Crippen LogP contribution in [0.2, 0.25) is 0 Å². The number of nitrogens with one attached hydrogen (secondary N) is 2. The maximum absolute atomic E-state index is 12.3. The molecule has 10 heteroatoms. The van der Waals surface area contributed by atoms with Crippen LogP contribution < -0.4 is 15.4 Å². The quantitative estimate of drug-likeness (QED) is 0.351. The molecule has 2 N–H and O–H groups in total. The zero-order chi connectivity index (χ0) is 18.9. The molecule has 26 heavy (non-hydrogen) atoms. The third-order valence-electron chi connectivity index (χ3n) is 3.35. The summed E-state index contributed by atoms with van der Waals surface area (Å²) in [6.45, 7) is -1.04. The number of rotatable bonds is 7. The Labute approximate surface area is 168 Å². The number of amides is 1. The lowest BCUT2D eigenvalue weighted by atomic mass is 10.1. The number of para-hydroxylation sites is 1. The molecule has 0 saturated heterocycles. The Bertz CT molecular complexity index is 597. The molecular formula is C16H24F3IN4O2. The Hall–Kier alpha value is -1.72. The first-order valence-corrected chi connectivity index (χ1v) is 7.64. The van der Waals surface area contributed by atoms with E-state index in [1.807, 2.05) is 24.3 Å². The van der Waals surface area contributed by atoms with Crippen LogP contribution in [0.1, 0.15) is 5.56 Å². The highest BCUT2D eigenvalue weighted by atomic mass is 127. The molecule has 1 rings (SSSR count). The molecule has 0 heterocycles. The number of benzene rings is 1. The molecule has 0 aromatic heterocycles. The van der Waals surface area contributed by atoms with Gasteiger partial charge < -0.3 is 20.3 Å². The smallest absolute Gasteiger partial charge is 0.406 e. The predicted molar refractivity (Wildman–Crippen MR) is 105 cm³/mol. The minimum atomic E-state index is -4.42. The topological polar surface area (TPSA) is 66.0 Å². The highest BCUT2D eigenvalue weighted by molar-refractivity contribution is 14.0. The van der Waals surface area contributed by atoms with Gasteiger partial charge in [-0.25, -0.2) is 0 Å². The number of carbonyl (C=O) groups is 1. The lowest BCUT2D eigenvalue weighted by Crippen LogP contribution is -2.45. The summed E-state index contributed by atoms with van der Waals surface area (Å²) in [5, 5.41) is 5.70. The van der Waals surface area contributed by atoms with Crippen molar-refractivity contribution in [1.29, 1.82) is 0 Å². The average Bonchev–Trinajstić information content (AvgIpc) is 2.56. The molecule has 0 aliphatic carbocycles. The normalized spacial score (nSPS) is 11.4. The summed E-state index contributed by atoms with van der Waals surface area (Å²) in [5.74, 6) is 0.435. The molecule has 0 aliphatic heterocycles. The van der Waals surface area contributed by atoms with Gasteiger partial charge in [0.05, 0.1) is 13.7 Å². The van der Waals surface area contributed by atoms with Crippen molar-refractivity contribution in [3.8, 4) is 5.75 Å². The number of likely N-dealkylation sites (N-methyl/N-ethyl adjacent to an activating group) is 1. The van der Waals surface area contributed by atoms with E-state index in [9.17, 15) is 18.0 Å². The van der Waals surface area contributed by atoms with Gasteiger partial charge in [0, 0.05) is 20.6 Å². The van der Waals surface area contributed by atoms with Gasteiger partial charge in [-0.3, -0.25) is 9.79 Å². The fourth-order valence-electron chi connectivity index (χ4n) is 2.10. The minimum Gasteiger partial charge on any atom is -0.496 e. The van der Waals surface area contributed by atoms with Crippen LogP contribution in [0, 0.1) is 0 Å². The molecule has 0 unspecified atom stereocenters. The lowest BCUT2D eigenvalue weighted by molar-refractivity contribution is -0.157. The fourth-order valence-corrected chi connectivity index (χ4v) is 2.10. The number of nitrogens with zero attached hydrogens (tertiary/aromatic N) is 2. The van der Waals surface area contributed by atoms with Crippen molar-refractivity contribution >= 4 is 35.8 Å². The first-order valence-electron chi connectivity index (χ1n) is 7.64. The fraction of sp³-hybridized carbons (Fsp3) is 0.500. The van der Waals surface area contributed by atoms with Crippen LogP contribution in [-0.2, 0) is 11.2 Å². The van der Waals surface area contributed by atoms with Crippen LogP contribution in [0.5, 0.6) is 5.75 Å². The van der Waals surface area contributed by atoms with Crippen LogP contribution >= 0.6 is 24.0 Å². The molecule has 0 saturated carbocycles. The Morgan fingerprint density at radius 1 is 1.27 bits per heavy atom. The van der Waals surface area contributed by atoms with E-state index >= 15 is 0 Å². The lowest BCUT2D eigenvalue weighted by Gasteiger charge is -2.20. The maximum atomic E-state index is 12.3. The Morgan fingerprint density at radius 3 is 2.50 bits per heavy atom. The second-order valence-electron chi connectivity index (χ2n) is 5.28. The van der Waals surface area contributed by atoms with Gasteiger partial charge >= 0.3 is 6.18 Å². The standard InChI is InChI=1S/C16H23F3N4O2.HI/c1-20-15(22-10-14(24)23(2)11-16(17,18)19)21-9-8-12-6-4-5-7-13(12)25-3;/h4-7H,8-11H2,1-3H3,(H2,20,21,22);1H. The molecule has 1 amide bonds. The summed E-state index contributed by atoms with van der Waals surface area (Å²) in [6, 6.07) is 7.57. The highest BCUT2D eigenvalue weighted by Crippen LogP contribution is 2.17. The zero-order valence-electron chi connectivity index (χ0n) is 14.9. The third kappa shape index (κ3) is 9.11. The first kappa shape index (κ1) is 24.3. The summed E-state index contributed by atoms with van der Waals surface area (Å²) >= 11 is 0. The number of halogens is 4. The summed E-state index contributed by atoms with van der Waals surface area (Å²) in [4.78, 5) is 16.2. The van der Waals surface area contributed by atoms with Crippen molar-refractivity contribution in [2.24, 2.45) is 4.99 Å². The number of methoxy groups -OCH3 is 1. The second-order valence-corrected chi connectivity index (χ2v) is 5.28. The minimum absolute atomic E-state index is 0. The number of carbonyl (C=O) groups excluding carboxylic acids is 1. The maximum Gasteiger partial charge on any atom is 0.406 e. The molecule has 0 bridgehead atoms. The van der Waals surface area contributed by atoms with Gasteiger partial charge in [0.15, 0.2) is 5.96 Å². The van der Waals surface area contributed by atoms with Crippen LogP contribution in [0.25, 0.3) is 0 Å². The van der Waals surface area contributed by atoms with E-state index in [1.165, 1.54) is 7.05 Å². The monoisotopic (exact) mass is 488 g/mol. The van der Waals surface area contributed by atoms with E-state index in [1.54, 1.807) is 7.11 Å². The van der Waals surface area contributed by atoms with E-state index < -0.39 is 18.6 Å². The SMILES string of the molecule is CN=C(NCCc1ccccc1OC)NCC(=O)N(C)CC(F)(F)F.I. The zero-order valence-corrected chi connectivity index (χ0v) is 17.2. The summed E-state index contributed by atoms with van der Waals surface area (Å²) < 4.78 is 42.0. The Balaban J connectivity index is 0.00000625. The molecule has 0 atom stereocenters. The van der Waals surface area contributed by atoms with Crippen LogP contribution in [0.15, 0.2) is 29.3 Å². The van der Waals surface area contributed by atoms with E-state index in [2.05, 4.69) is 15.6 Å². The van der Waals surface area contributed by atoms with Gasteiger partial charge in [-0.2, -0.15) is 13.2 Å². The molecular weight excluding hydrogens is 464 g/mol. The van der Waals surface area contributed by atoms with Crippen LogP contribution in [-0.4, -0.2) is 63.8 Å². The summed E-state index contributed by atoms with van der Waals surface area (Å²) in [6.07, 6.45) is -3.76. The molecule has 0 aliphatic rings. The van der Waals surface area contributed by atoms with Crippen molar-refractivity contribution in [2.45, 2.75) is 12.6 Å². The molecule has 1 aromatic carbocycles. The Morgan fingerprint density at radius 2 is 1.92 bits per heavy atom. The van der Waals surface area contributed by atoms with Gasteiger partial charge in [-0.15, -0.1) is 24.0 Å². The molecule has 0 fully saturated rings. The van der Waals surface area contributed by atoms with Crippen molar-refractivity contribution in [2.75, 3.05) is 40.8 Å². The number of ether oxygens (including phenoxy) is 1. The van der Waals surface area contributed by atoms with Gasteiger partial charge in [0.2, 0.25) is 5.91 Å². The van der Waals surface area contributed by atoms with Crippen molar-refractivity contribution in [3.05, 3.63) is 29.8 Å². The highest BCUT2D eigenvalue weighted by Gasteiger charge is 2.31. The molecule has 148 valence electrons. The molecule has 1 aromatic rings. The third-order valence-corrected chi connectivity index (χ3v) is 3.35. The van der Waals surface area contributed by atoms with E-state index in [4.69, 9.17) is 4.74 Å². The molecule has 6 nitrogen and oxygen atoms in total.